The highest BCUT2D eigenvalue weighted by molar-refractivity contribution is 6.31. The fraction of sp³-hybridized carbons (Fsp3) is 0.250. The normalized spacial score (nSPS) is 11.2. The Labute approximate surface area is 175 Å². The van der Waals surface area contributed by atoms with Crippen LogP contribution in [0.25, 0.3) is 0 Å². The number of rotatable bonds is 8. The Morgan fingerprint density at radius 3 is 2.83 bits per heavy atom. The number of hydrazone groups is 1. The summed E-state index contributed by atoms with van der Waals surface area (Å²) >= 11 is 6.22. The SMILES string of the molecule is C=C(NC(=O)Nc1ccc(Cl)c(COc2cccnc2)c1)N(N)/N=C(\C)C(C)C. The number of benzene rings is 1. The van der Waals surface area contributed by atoms with Crippen LogP contribution in [-0.2, 0) is 6.61 Å². The van der Waals surface area contributed by atoms with Gasteiger partial charge in [-0.05, 0) is 43.2 Å². The van der Waals surface area contributed by atoms with Crippen molar-refractivity contribution in [3.8, 4) is 5.75 Å². The Kier molecular flexibility index (Phi) is 7.99. The van der Waals surface area contributed by atoms with E-state index in [1.54, 1.807) is 42.7 Å². The standard InChI is InChI=1S/C20H25ClN6O2/c1-13(2)14(3)26-27(22)15(4)24-20(28)25-17-7-8-19(21)16(10-17)12-29-18-6-5-9-23-11-18/h5-11,13H,4,12,22H2,1-3H3,(H2,24,25,28)/b26-14+. The van der Waals surface area contributed by atoms with Crippen LogP contribution in [0.1, 0.15) is 26.3 Å². The Bertz CT molecular complexity index is 886. The average Bonchev–Trinajstić information content (AvgIpc) is 2.68. The number of urea groups is 1. The van der Waals surface area contributed by atoms with Gasteiger partial charge in [0.1, 0.15) is 18.2 Å². The van der Waals surface area contributed by atoms with Crippen molar-refractivity contribution >= 4 is 29.0 Å². The van der Waals surface area contributed by atoms with Crippen LogP contribution in [0.4, 0.5) is 10.5 Å². The van der Waals surface area contributed by atoms with Gasteiger partial charge in [0.2, 0.25) is 0 Å². The maximum atomic E-state index is 12.2. The molecule has 1 aromatic heterocycles. The van der Waals surface area contributed by atoms with Gasteiger partial charge in [0, 0.05) is 28.2 Å². The van der Waals surface area contributed by atoms with Crippen molar-refractivity contribution in [3.63, 3.8) is 0 Å². The van der Waals surface area contributed by atoms with E-state index in [0.717, 1.165) is 10.8 Å². The number of nitrogens with one attached hydrogen (secondary N) is 2. The van der Waals surface area contributed by atoms with Crippen LogP contribution >= 0.6 is 11.6 Å². The smallest absolute Gasteiger partial charge is 0.324 e. The van der Waals surface area contributed by atoms with Crippen LogP contribution in [0, 0.1) is 5.92 Å². The van der Waals surface area contributed by atoms with Crippen molar-refractivity contribution in [2.45, 2.75) is 27.4 Å². The van der Waals surface area contributed by atoms with Crippen LogP contribution in [0.2, 0.25) is 5.02 Å². The largest absolute Gasteiger partial charge is 0.487 e. The summed E-state index contributed by atoms with van der Waals surface area (Å²) in [5.74, 6) is 6.78. The lowest BCUT2D eigenvalue weighted by Gasteiger charge is -2.18. The minimum atomic E-state index is -0.510. The third kappa shape index (κ3) is 7.10. The second-order valence-corrected chi connectivity index (χ2v) is 6.96. The van der Waals surface area contributed by atoms with Gasteiger partial charge in [-0.2, -0.15) is 10.2 Å². The van der Waals surface area contributed by atoms with E-state index in [9.17, 15) is 4.79 Å². The van der Waals surface area contributed by atoms with Crippen LogP contribution in [0.15, 0.2) is 60.2 Å². The summed E-state index contributed by atoms with van der Waals surface area (Å²) in [5, 5.41) is 11.0. The molecule has 0 saturated carbocycles. The lowest BCUT2D eigenvalue weighted by molar-refractivity contribution is 0.248. The molecule has 8 nitrogen and oxygen atoms in total. The fourth-order valence-electron chi connectivity index (χ4n) is 2.05. The highest BCUT2D eigenvalue weighted by Crippen LogP contribution is 2.22. The summed E-state index contributed by atoms with van der Waals surface area (Å²) in [6.45, 7) is 9.78. The molecule has 0 atom stereocenters. The second-order valence-electron chi connectivity index (χ2n) is 6.55. The number of ether oxygens (including phenoxy) is 1. The number of halogens is 1. The van der Waals surface area contributed by atoms with Gasteiger partial charge in [0.25, 0.3) is 0 Å². The first-order valence-electron chi connectivity index (χ1n) is 8.94. The molecule has 0 spiro atoms. The molecule has 0 aliphatic carbocycles. The van der Waals surface area contributed by atoms with E-state index in [2.05, 4.69) is 27.3 Å². The van der Waals surface area contributed by atoms with E-state index in [0.29, 0.717) is 22.0 Å². The van der Waals surface area contributed by atoms with Gasteiger partial charge in [0.15, 0.2) is 0 Å². The van der Waals surface area contributed by atoms with Crippen molar-refractivity contribution < 1.29 is 9.53 Å². The Balaban J connectivity index is 1.96. The summed E-state index contributed by atoms with van der Waals surface area (Å²) in [7, 11) is 0. The number of hydrogen-bond acceptors (Lipinski definition) is 6. The van der Waals surface area contributed by atoms with Gasteiger partial charge in [-0.15, -0.1) is 0 Å². The lowest BCUT2D eigenvalue weighted by atomic mass is 10.1. The van der Waals surface area contributed by atoms with Crippen molar-refractivity contribution in [2.75, 3.05) is 5.32 Å². The van der Waals surface area contributed by atoms with Gasteiger partial charge >= 0.3 is 6.03 Å². The van der Waals surface area contributed by atoms with Crippen molar-refractivity contribution in [1.82, 2.24) is 15.4 Å². The van der Waals surface area contributed by atoms with Crippen LogP contribution in [-0.4, -0.2) is 21.8 Å². The number of anilines is 1. The first kappa shape index (κ1) is 22.2. The third-order valence-corrected chi connectivity index (χ3v) is 4.34. The zero-order chi connectivity index (χ0) is 21.4. The summed E-state index contributed by atoms with van der Waals surface area (Å²) in [5.41, 5.74) is 2.06. The molecular weight excluding hydrogens is 392 g/mol. The summed E-state index contributed by atoms with van der Waals surface area (Å²) < 4.78 is 5.66. The highest BCUT2D eigenvalue weighted by Gasteiger charge is 2.10. The molecule has 4 N–H and O–H groups in total. The highest BCUT2D eigenvalue weighted by atomic mass is 35.5. The van der Waals surface area contributed by atoms with Gasteiger partial charge in [-0.1, -0.05) is 32.0 Å². The van der Waals surface area contributed by atoms with Crippen LogP contribution in [0.5, 0.6) is 5.75 Å². The predicted molar refractivity (Wildman–Crippen MR) is 115 cm³/mol. The van der Waals surface area contributed by atoms with E-state index in [-0.39, 0.29) is 18.3 Å². The van der Waals surface area contributed by atoms with Crippen molar-refractivity contribution in [1.29, 1.82) is 0 Å². The molecule has 29 heavy (non-hydrogen) atoms. The number of aromatic nitrogens is 1. The molecule has 1 heterocycles. The number of hydrogen-bond donors (Lipinski definition) is 3. The minimum absolute atomic E-state index is 0.136. The monoisotopic (exact) mass is 416 g/mol. The molecule has 2 amide bonds. The first-order chi connectivity index (χ1) is 13.8. The zero-order valence-electron chi connectivity index (χ0n) is 16.6. The molecule has 0 unspecified atom stereocenters. The molecule has 0 bridgehead atoms. The molecule has 0 aliphatic heterocycles. The molecule has 0 fully saturated rings. The van der Waals surface area contributed by atoms with E-state index in [4.69, 9.17) is 22.2 Å². The van der Waals surface area contributed by atoms with Crippen molar-refractivity contribution in [3.05, 3.63) is 65.7 Å². The number of amides is 2. The number of hydrazine groups is 1. The number of carbonyl (C=O) groups excluding carboxylic acids is 1. The zero-order valence-corrected chi connectivity index (χ0v) is 17.4. The average molecular weight is 417 g/mol. The molecule has 0 saturated heterocycles. The lowest BCUT2D eigenvalue weighted by Crippen LogP contribution is -2.38. The predicted octanol–water partition coefficient (Wildman–Crippen LogP) is 4.11. The van der Waals surface area contributed by atoms with E-state index >= 15 is 0 Å². The van der Waals surface area contributed by atoms with Crippen LogP contribution in [0.3, 0.4) is 0 Å². The first-order valence-corrected chi connectivity index (χ1v) is 9.32. The Morgan fingerprint density at radius 2 is 2.17 bits per heavy atom. The molecule has 1 aromatic carbocycles. The quantitative estimate of drug-likeness (QED) is 0.341. The number of nitrogens with zero attached hydrogens (tertiary/aromatic N) is 3. The topological polar surface area (TPSA) is 105 Å². The molecule has 9 heteroatoms. The molecular formula is C20H25ClN6O2. The van der Waals surface area contributed by atoms with E-state index in [1.165, 1.54) is 0 Å². The van der Waals surface area contributed by atoms with E-state index < -0.39 is 6.03 Å². The second kappa shape index (κ2) is 10.4. The molecule has 2 rings (SSSR count). The van der Waals surface area contributed by atoms with Gasteiger partial charge in [0.05, 0.1) is 6.20 Å². The Morgan fingerprint density at radius 1 is 1.41 bits per heavy atom. The minimum Gasteiger partial charge on any atom is -0.487 e. The molecule has 0 radical (unpaired) electrons. The Hall–Kier alpha value is -3.10. The summed E-state index contributed by atoms with van der Waals surface area (Å²) in [4.78, 5) is 16.2. The number of carbonyl (C=O) groups is 1. The maximum Gasteiger partial charge on any atom is 0.324 e. The number of nitrogens with two attached hydrogens (primary N) is 1. The van der Waals surface area contributed by atoms with E-state index in [1.807, 2.05) is 20.8 Å². The molecule has 0 aliphatic rings. The maximum absolute atomic E-state index is 12.2. The molecule has 2 aromatic rings. The fourth-order valence-corrected chi connectivity index (χ4v) is 2.23. The van der Waals surface area contributed by atoms with Gasteiger partial charge in [-0.25, -0.2) is 10.6 Å². The summed E-state index contributed by atoms with van der Waals surface area (Å²) in [6.07, 6.45) is 3.27. The van der Waals surface area contributed by atoms with Crippen LogP contribution < -0.4 is 21.2 Å². The number of pyridine rings is 1. The summed E-state index contributed by atoms with van der Waals surface area (Å²) in [6, 6.07) is 8.15. The van der Waals surface area contributed by atoms with Gasteiger partial charge in [-0.3, -0.25) is 10.3 Å². The third-order valence-electron chi connectivity index (χ3n) is 3.97. The molecule has 154 valence electrons. The van der Waals surface area contributed by atoms with Gasteiger partial charge < -0.3 is 10.1 Å². The van der Waals surface area contributed by atoms with Crippen molar-refractivity contribution in [2.24, 2.45) is 16.9 Å².